The highest BCUT2D eigenvalue weighted by molar-refractivity contribution is 6.32. The maximum Gasteiger partial charge on any atom is 0.318 e. The van der Waals surface area contributed by atoms with Gasteiger partial charge < -0.3 is 14.9 Å². The second-order valence-electron chi connectivity index (χ2n) is 9.84. The number of rotatable bonds is 10. The van der Waals surface area contributed by atoms with Gasteiger partial charge >= 0.3 is 5.97 Å². The van der Waals surface area contributed by atoms with Crippen molar-refractivity contribution >= 4 is 17.6 Å². The maximum absolute atomic E-state index is 12.9. The summed E-state index contributed by atoms with van der Waals surface area (Å²) in [5, 5.41) is 20.6. The Morgan fingerprint density at radius 1 is 0.943 bits per heavy atom. The quantitative estimate of drug-likeness (QED) is 0.369. The molecule has 0 saturated carbocycles. The molecule has 1 aliphatic heterocycles. The minimum atomic E-state index is -1.12. The van der Waals surface area contributed by atoms with Crippen molar-refractivity contribution in [3.05, 3.63) is 101 Å². The van der Waals surface area contributed by atoms with Crippen LogP contribution in [0, 0.1) is 0 Å². The van der Waals surface area contributed by atoms with Gasteiger partial charge in [0.05, 0.1) is 17.7 Å². The molecule has 1 aliphatic rings. The number of carbonyl (C=O) groups is 1. The second kappa shape index (κ2) is 10.4. The van der Waals surface area contributed by atoms with Crippen LogP contribution in [0.5, 0.6) is 5.75 Å². The first kappa shape index (κ1) is 25.2. The van der Waals surface area contributed by atoms with Crippen LogP contribution in [0.1, 0.15) is 43.4 Å². The normalized spacial score (nSPS) is 15.1. The third-order valence-corrected chi connectivity index (χ3v) is 7.68. The van der Waals surface area contributed by atoms with Crippen molar-refractivity contribution < 1.29 is 19.7 Å². The van der Waals surface area contributed by atoms with Crippen molar-refractivity contribution in [1.29, 1.82) is 0 Å². The van der Waals surface area contributed by atoms with Crippen LogP contribution < -0.4 is 0 Å². The zero-order valence-corrected chi connectivity index (χ0v) is 20.9. The minimum Gasteiger partial charge on any atom is -0.506 e. The van der Waals surface area contributed by atoms with Crippen LogP contribution in [0.4, 0.5) is 0 Å². The first-order valence-corrected chi connectivity index (χ1v) is 12.3. The van der Waals surface area contributed by atoms with Gasteiger partial charge in [0.1, 0.15) is 11.2 Å². The Bertz CT molecular complexity index is 1100. The Labute approximate surface area is 211 Å². The van der Waals surface area contributed by atoms with E-state index in [1.165, 1.54) is 0 Å². The first-order chi connectivity index (χ1) is 16.7. The molecule has 4 rings (SSSR count). The molecule has 184 valence electrons. The topological polar surface area (TPSA) is 70.0 Å². The van der Waals surface area contributed by atoms with Crippen molar-refractivity contribution in [3.8, 4) is 5.75 Å². The van der Waals surface area contributed by atoms with Gasteiger partial charge in [0, 0.05) is 24.2 Å². The number of carboxylic acids is 1. The highest BCUT2D eigenvalue weighted by atomic mass is 35.5. The van der Waals surface area contributed by atoms with Crippen LogP contribution in [-0.2, 0) is 21.6 Å². The fourth-order valence-electron chi connectivity index (χ4n) is 4.83. The van der Waals surface area contributed by atoms with Crippen LogP contribution >= 0.6 is 11.6 Å². The van der Waals surface area contributed by atoms with Crippen LogP contribution in [0.3, 0.4) is 0 Å². The molecule has 0 unspecified atom stereocenters. The van der Waals surface area contributed by atoms with E-state index in [4.69, 9.17) is 16.3 Å². The Kier molecular flexibility index (Phi) is 7.50. The fourth-order valence-corrected chi connectivity index (χ4v) is 5.01. The molecule has 3 aromatic rings. The second-order valence-corrected chi connectivity index (χ2v) is 10.2. The number of phenolic OH excluding ortho intramolecular Hbond substituents is 1. The minimum absolute atomic E-state index is 0.0582. The molecule has 6 heteroatoms. The van der Waals surface area contributed by atoms with E-state index in [1.807, 2.05) is 66.7 Å². The lowest BCUT2D eigenvalue weighted by atomic mass is 9.69. The lowest BCUT2D eigenvalue weighted by Crippen LogP contribution is -2.61. The van der Waals surface area contributed by atoms with Crippen LogP contribution in [0.2, 0.25) is 5.02 Å². The third kappa shape index (κ3) is 5.22. The molecule has 0 spiro atoms. The summed E-state index contributed by atoms with van der Waals surface area (Å²) in [6.07, 6.45) is 1.25. The molecule has 0 atom stereocenters. The zero-order valence-electron chi connectivity index (χ0n) is 20.2. The Morgan fingerprint density at radius 3 is 2.06 bits per heavy atom. The van der Waals surface area contributed by atoms with E-state index >= 15 is 0 Å². The van der Waals surface area contributed by atoms with Crippen molar-refractivity contribution in [2.45, 2.75) is 50.4 Å². The van der Waals surface area contributed by atoms with Gasteiger partial charge in [0.2, 0.25) is 0 Å². The summed E-state index contributed by atoms with van der Waals surface area (Å²) in [6.45, 7) is 6.20. The summed E-state index contributed by atoms with van der Waals surface area (Å²) < 4.78 is 6.02. The molecule has 0 radical (unpaired) electrons. The Morgan fingerprint density at radius 2 is 1.51 bits per heavy atom. The highest BCUT2D eigenvalue weighted by Gasteiger charge is 2.45. The van der Waals surface area contributed by atoms with Crippen molar-refractivity contribution in [3.63, 3.8) is 0 Å². The summed E-state index contributed by atoms with van der Waals surface area (Å²) in [4.78, 5) is 15.2. The smallest absolute Gasteiger partial charge is 0.318 e. The molecule has 1 fully saturated rings. The van der Waals surface area contributed by atoms with Gasteiger partial charge in [0.15, 0.2) is 0 Å². The van der Waals surface area contributed by atoms with Crippen LogP contribution in [0.15, 0.2) is 78.9 Å². The monoisotopic (exact) mass is 493 g/mol. The summed E-state index contributed by atoms with van der Waals surface area (Å²) in [7, 11) is 0. The van der Waals surface area contributed by atoms with E-state index in [0.29, 0.717) is 24.5 Å². The predicted octanol–water partition coefficient (Wildman–Crippen LogP) is 5.88. The number of aromatic hydroxyl groups is 1. The van der Waals surface area contributed by atoms with E-state index in [1.54, 1.807) is 12.1 Å². The van der Waals surface area contributed by atoms with Crippen molar-refractivity contribution in [1.82, 2.24) is 4.90 Å². The molecular formula is C29H32ClNO4. The summed E-state index contributed by atoms with van der Waals surface area (Å²) >= 11 is 6.16. The van der Waals surface area contributed by atoms with E-state index in [2.05, 4.69) is 18.7 Å². The SMILES string of the molecule is CC(C)(CCC(C(=O)O)(c1ccccc1)c1ccccc1)N1CC(OCc2cccc(O)c2Cl)C1. The number of likely N-dealkylation sites (tertiary alicyclic amines) is 1. The van der Waals surface area contributed by atoms with Gasteiger partial charge in [-0.2, -0.15) is 0 Å². The zero-order chi connectivity index (χ0) is 25.1. The highest BCUT2D eigenvalue weighted by Crippen LogP contribution is 2.40. The molecule has 1 heterocycles. The number of carboxylic acid groups (broad SMARTS) is 1. The van der Waals surface area contributed by atoms with Gasteiger partial charge in [-0.3, -0.25) is 9.69 Å². The standard InChI is InChI=1S/C29H32ClNO4/c1-28(2,31-18-24(19-31)35-20-21-10-9-15-25(32)26(21)30)16-17-29(27(33)34,22-11-5-3-6-12-22)23-13-7-4-8-14-23/h3-15,24,32H,16-20H2,1-2H3,(H,33,34). The number of hydrogen-bond acceptors (Lipinski definition) is 4. The molecule has 35 heavy (non-hydrogen) atoms. The van der Waals surface area contributed by atoms with Crippen molar-refractivity contribution in [2.75, 3.05) is 13.1 Å². The average Bonchev–Trinajstić information content (AvgIpc) is 2.82. The van der Waals surface area contributed by atoms with E-state index in [9.17, 15) is 15.0 Å². The molecule has 0 amide bonds. The molecule has 0 aliphatic carbocycles. The lowest BCUT2D eigenvalue weighted by Gasteiger charge is -2.50. The van der Waals surface area contributed by atoms with Gasteiger partial charge in [-0.1, -0.05) is 84.4 Å². The number of phenols is 1. The number of hydrogen-bond donors (Lipinski definition) is 2. The summed E-state index contributed by atoms with van der Waals surface area (Å²) in [6, 6.07) is 24.2. The third-order valence-electron chi connectivity index (χ3n) is 7.25. The number of halogens is 1. The molecule has 5 nitrogen and oxygen atoms in total. The van der Waals surface area contributed by atoms with Gasteiger partial charge in [-0.25, -0.2) is 0 Å². The largest absolute Gasteiger partial charge is 0.506 e. The molecular weight excluding hydrogens is 462 g/mol. The lowest BCUT2D eigenvalue weighted by molar-refractivity contribution is -0.143. The van der Waals surface area contributed by atoms with Crippen LogP contribution in [-0.4, -0.2) is 45.8 Å². The summed E-state index contributed by atoms with van der Waals surface area (Å²) in [5.74, 6) is -0.776. The first-order valence-electron chi connectivity index (χ1n) is 11.9. The van der Waals surface area contributed by atoms with Gasteiger partial charge in [-0.15, -0.1) is 0 Å². The molecule has 3 aromatic carbocycles. The van der Waals surface area contributed by atoms with Crippen molar-refractivity contribution in [2.24, 2.45) is 0 Å². The number of ether oxygens (including phenoxy) is 1. The summed E-state index contributed by atoms with van der Waals surface area (Å²) in [5.41, 5.74) is 1.03. The molecule has 2 N–H and O–H groups in total. The van der Waals surface area contributed by atoms with Crippen LogP contribution in [0.25, 0.3) is 0 Å². The number of benzene rings is 3. The predicted molar refractivity (Wildman–Crippen MR) is 138 cm³/mol. The molecule has 0 aromatic heterocycles. The van der Waals surface area contributed by atoms with E-state index in [-0.39, 0.29) is 17.4 Å². The number of aliphatic carboxylic acids is 1. The van der Waals surface area contributed by atoms with Gasteiger partial charge in [-0.05, 0) is 43.9 Å². The van der Waals surface area contributed by atoms with E-state index < -0.39 is 11.4 Å². The fraction of sp³-hybridized carbons (Fsp3) is 0.345. The number of nitrogens with zero attached hydrogens (tertiary/aromatic N) is 1. The molecule has 0 bridgehead atoms. The Balaban J connectivity index is 1.44. The van der Waals surface area contributed by atoms with E-state index in [0.717, 1.165) is 29.8 Å². The molecule has 1 saturated heterocycles. The Hall–Kier alpha value is -2.86. The van der Waals surface area contributed by atoms with Gasteiger partial charge in [0.25, 0.3) is 0 Å². The maximum atomic E-state index is 12.9. The average molecular weight is 494 g/mol.